The van der Waals surface area contributed by atoms with E-state index in [-0.39, 0.29) is 12.2 Å². The first kappa shape index (κ1) is 14.2. The third-order valence-corrected chi connectivity index (χ3v) is 3.21. The molecule has 0 aromatic heterocycles. The van der Waals surface area contributed by atoms with Gasteiger partial charge in [0.05, 0.1) is 12.0 Å². The first-order valence-electron chi connectivity index (χ1n) is 6.04. The van der Waals surface area contributed by atoms with E-state index >= 15 is 0 Å². The lowest BCUT2D eigenvalue weighted by Gasteiger charge is -2.09. The van der Waals surface area contributed by atoms with Gasteiger partial charge in [0.1, 0.15) is 5.82 Å². The van der Waals surface area contributed by atoms with Gasteiger partial charge in [0.15, 0.2) is 5.78 Å². The second-order valence-corrected chi connectivity index (χ2v) is 4.81. The fraction of sp³-hybridized carbons (Fsp3) is 0.125. The summed E-state index contributed by atoms with van der Waals surface area (Å²) in [6.07, 6.45) is 0.0155. The third-order valence-electron chi connectivity index (χ3n) is 2.96. The van der Waals surface area contributed by atoms with Crippen molar-refractivity contribution in [2.45, 2.75) is 12.3 Å². The Morgan fingerprint density at radius 3 is 2.55 bits per heavy atom. The molecule has 2 nitrogen and oxygen atoms in total. The van der Waals surface area contributed by atoms with Crippen molar-refractivity contribution < 1.29 is 9.18 Å². The molecule has 0 fully saturated rings. The van der Waals surface area contributed by atoms with Gasteiger partial charge in [0.2, 0.25) is 0 Å². The van der Waals surface area contributed by atoms with Gasteiger partial charge in [-0.15, -0.1) is 0 Å². The largest absolute Gasteiger partial charge is 0.294 e. The van der Waals surface area contributed by atoms with Crippen LogP contribution in [0, 0.1) is 17.1 Å². The van der Waals surface area contributed by atoms with Crippen LogP contribution in [0.15, 0.2) is 48.5 Å². The molecule has 2 rings (SSSR count). The molecular formula is C16H11ClFNO. The van der Waals surface area contributed by atoms with E-state index in [4.69, 9.17) is 16.9 Å². The monoisotopic (exact) mass is 287 g/mol. The minimum absolute atomic E-state index is 0.0155. The second kappa shape index (κ2) is 6.31. The number of nitrogens with zero attached hydrogens (tertiary/aromatic N) is 1. The van der Waals surface area contributed by atoms with Gasteiger partial charge in [0.25, 0.3) is 0 Å². The van der Waals surface area contributed by atoms with Crippen molar-refractivity contribution in [1.82, 2.24) is 0 Å². The van der Waals surface area contributed by atoms with Crippen LogP contribution in [-0.4, -0.2) is 5.78 Å². The smallest absolute Gasteiger partial charge is 0.164 e. The van der Waals surface area contributed by atoms with Gasteiger partial charge in [-0.05, 0) is 42.0 Å². The molecule has 0 spiro atoms. The zero-order valence-corrected chi connectivity index (χ0v) is 11.3. The molecule has 2 aromatic rings. The lowest BCUT2D eigenvalue weighted by atomic mass is 9.93. The first-order valence-corrected chi connectivity index (χ1v) is 6.42. The molecular weight excluding hydrogens is 277 g/mol. The van der Waals surface area contributed by atoms with Crippen molar-refractivity contribution in [1.29, 1.82) is 5.26 Å². The number of halogens is 2. The van der Waals surface area contributed by atoms with Crippen LogP contribution in [0.3, 0.4) is 0 Å². The molecule has 4 heteroatoms. The molecule has 0 bridgehead atoms. The average molecular weight is 288 g/mol. The number of hydrogen-bond acceptors (Lipinski definition) is 2. The summed E-state index contributed by atoms with van der Waals surface area (Å²) in [5, 5.41) is 9.71. The highest BCUT2D eigenvalue weighted by atomic mass is 35.5. The van der Waals surface area contributed by atoms with Crippen LogP contribution >= 0.6 is 11.6 Å². The van der Waals surface area contributed by atoms with Gasteiger partial charge in [-0.1, -0.05) is 23.7 Å². The van der Waals surface area contributed by atoms with Crippen molar-refractivity contribution >= 4 is 17.4 Å². The maximum absolute atomic E-state index is 13.2. The van der Waals surface area contributed by atoms with Crippen molar-refractivity contribution in [3.8, 4) is 6.07 Å². The standard InChI is InChI=1S/C16H11ClFNO/c17-14-6-4-11(5-7-14)16(20)9-13(10-19)12-2-1-3-15(18)8-12/h1-8,13H,9H2/t13-/m0/s1. The number of carbonyl (C=O) groups is 1. The number of carbonyl (C=O) groups excluding carboxylic acids is 1. The molecule has 0 N–H and O–H groups in total. The first-order chi connectivity index (χ1) is 9.60. The molecule has 0 heterocycles. The minimum Gasteiger partial charge on any atom is -0.294 e. The van der Waals surface area contributed by atoms with Crippen LogP contribution < -0.4 is 0 Å². The molecule has 0 amide bonds. The molecule has 0 aliphatic rings. The fourth-order valence-corrected chi connectivity index (χ4v) is 2.03. The molecule has 1 atom stereocenters. The Bertz CT molecular complexity index is 661. The molecule has 0 unspecified atom stereocenters. The van der Waals surface area contributed by atoms with E-state index in [0.29, 0.717) is 16.1 Å². The van der Waals surface area contributed by atoms with Gasteiger partial charge < -0.3 is 0 Å². The summed E-state index contributed by atoms with van der Waals surface area (Å²) in [5.41, 5.74) is 1.00. The predicted octanol–water partition coefficient (Wildman–Crippen LogP) is 4.36. The summed E-state index contributed by atoms with van der Waals surface area (Å²) in [5.74, 6) is -1.24. The van der Waals surface area contributed by atoms with Gasteiger partial charge in [0, 0.05) is 17.0 Å². The number of Topliss-reactive ketones (excluding diaryl/α,β-unsaturated/α-hetero) is 1. The Morgan fingerprint density at radius 1 is 1.25 bits per heavy atom. The van der Waals surface area contributed by atoms with Crippen molar-refractivity contribution in [2.24, 2.45) is 0 Å². The topological polar surface area (TPSA) is 40.9 Å². The minimum atomic E-state index is -0.658. The van der Waals surface area contributed by atoms with Crippen LogP contribution in [0.25, 0.3) is 0 Å². The highest BCUT2D eigenvalue weighted by molar-refractivity contribution is 6.30. The van der Waals surface area contributed by atoms with Crippen LogP contribution in [0.4, 0.5) is 4.39 Å². The van der Waals surface area contributed by atoms with Gasteiger partial charge >= 0.3 is 0 Å². The highest BCUT2D eigenvalue weighted by Crippen LogP contribution is 2.22. The van der Waals surface area contributed by atoms with Crippen LogP contribution in [0.1, 0.15) is 28.3 Å². The fourth-order valence-electron chi connectivity index (χ4n) is 1.90. The van der Waals surface area contributed by atoms with Crippen molar-refractivity contribution in [2.75, 3.05) is 0 Å². The number of ketones is 1. The Labute approximate surface area is 121 Å². The summed E-state index contributed by atoms with van der Waals surface area (Å²) in [6.45, 7) is 0. The van der Waals surface area contributed by atoms with E-state index < -0.39 is 11.7 Å². The maximum Gasteiger partial charge on any atom is 0.164 e. The number of benzene rings is 2. The molecule has 100 valence electrons. The second-order valence-electron chi connectivity index (χ2n) is 4.37. The van der Waals surface area contributed by atoms with E-state index in [1.54, 1.807) is 30.3 Å². The SMILES string of the molecule is N#C[C@H](CC(=O)c1ccc(Cl)cc1)c1cccc(F)c1. The molecule has 0 radical (unpaired) electrons. The quantitative estimate of drug-likeness (QED) is 0.784. The molecule has 0 saturated carbocycles. The molecule has 20 heavy (non-hydrogen) atoms. The summed E-state index contributed by atoms with van der Waals surface area (Å²) in [7, 11) is 0. The number of rotatable bonds is 4. The Kier molecular flexibility index (Phi) is 4.49. The van der Waals surface area contributed by atoms with Crippen LogP contribution in [0.5, 0.6) is 0 Å². The van der Waals surface area contributed by atoms with Gasteiger partial charge in [-0.2, -0.15) is 5.26 Å². The van der Waals surface area contributed by atoms with Crippen LogP contribution in [-0.2, 0) is 0 Å². The zero-order chi connectivity index (χ0) is 14.5. The van der Waals surface area contributed by atoms with Gasteiger partial charge in [-0.25, -0.2) is 4.39 Å². The Balaban J connectivity index is 2.17. The van der Waals surface area contributed by atoms with E-state index in [1.807, 2.05) is 6.07 Å². The Morgan fingerprint density at radius 2 is 1.95 bits per heavy atom. The third kappa shape index (κ3) is 3.43. The number of nitriles is 1. The summed E-state index contributed by atoms with van der Waals surface area (Å²) >= 11 is 5.76. The molecule has 2 aromatic carbocycles. The normalized spacial score (nSPS) is 11.7. The lowest BCUT2D eigenvalue weighted by molar-refractivity contribution is 0.0979. The summed E-state index contributed by atoms with van der Waals surface area (Å²) < 4.78 is 13.2. The summed E-state index contributed by atoms with van der Waals surface area (Å²) in [4.78, 5) is 12.1. The summed E-state index contributed by atoms with van der Waals surface area (Å²) in [6, 6.07) is 14.3. The molecule has 0 saturated heterocycles. The van der Waals surface area contributed by atoms with Crippen LogP contribution in [0.2, 0.25) is 5.02 Å². The van der Waals surface area contributed by atoms with Crippen molar-refractivity contribution in [3.05, 3.63) is 70.5 Å². The molecule has 0 aliphatic heterocycles. The van der Waals surface area contributed by atoms with E-state index in [9.17, 15) is 9.18 Å². The van der Waals surface area contributed by atoms with E-state index in [2.05, 4.69) is 0 Å². The van der Waals surface area contributed by atoms with E-state index in [0.717, 1.165) is 0 Å². The molecule has 0 aliphatic carbocycles. The number of hydrogen-bond donors (Lipinski definition) is 0. The average Bonchev–Trinajstić information content (AvgIpc) is 2.45. The lowest BCUT2D eigenvalue weighted by Crippen LogP contribution is -2.06. The van der Waals surface area contributed by atoms with Crippen molar-refractivity contribution in [3.63, 3.8) is 0 Å². The maximum atomic E-state index is 13.2. The Hall–Kier alpha value is -2.18. The van der Waals surface area contributed by atoms with E-state index in [1.165, 1.54) is 18.2 Å². The van der Waals surface area contributed by atoms with Gasteiger partial charge in [-0.3, -0.25) is 4.79 Å². The predicted molar refractivity (Wildman–Crippen MR) is 75.2 cm³/mol. The highest BCUT2D eigenvalue weighted by Gasteiger charge is 2.17. The zero-order valence-electron chi connectivity index (χ0n) is 10.5.